The van der Waals surface area contributed by atoms with Gasteiger partial charge in [0.25, 0.3) is 0 Å². The van der Waals surface area contributed by atoms with Crippen LogP contribution in [0.3, 0.4) is 0 Å². The Kier molecular flexibility index (Phi) is 5.94. The Morgan fingerprint density at radius 1 is 1.80 bits per heavy atom. The van der Waals surface area contributed by atoms with Gasteiger partial charge in [0.05, 0.1) is 0 Å². The first kappa shape index (κ1) is 10.1. The fourth-order valence-corrected chi connectivity index (χ4v) is 1.39. The molecule has 10 heavy (non-hydrogen) atoms. The van der Waals surface area contributed by atoms with E-state index in [1.807, 2.05) is 4.93 Å². The topological polar surface area (TPSA) is 69.6 Å². The molecule has 0 amide bonds. The van der Waals surface area contributed by atoms with Crippen LogP contribution in [0.2, 0.25) is 0 Å². The molecule has 1 unspecified atom stereocenters. The molecule has 0 aromatic heterocycles. The van der Waals surface area contributed by atoms with Crippen LogP contribution >= 0.6 is 0 Å². The number of carboxylic acids is 1. The van der Waals surface area contributed by atoms with Crippen molar-refractivity contribution in [3.05, 3.63) is 0 Å². The van der Waals surface area contributed by atoms with Crippen molar-refractivity contribution >= 4 is 5.97 Å². The third kappa shape index (κ3) is 6.24. The Morgan fingerprint density at radius 3 is 2.80 bits per heavy atom. The first-order chi connectivity index (χ1) is 4.66. The van der Waals surface area contributed by atoms with Crippen LogP contribution in [0.25, 0.3) is 0 Å². The van der Waals surface area contributed by atoms with Crippen LogP contribution in [0.4, 0.5) is 0 Å². The van der Waals surface area contributed by atoms with Crippen LogP contribution in [0, 0.1) is 0 Å². The summed E-state index contributed by atoms with van der Waals surface area (Å²) in [5, 5.41) is 17.1. The Bertz CT molecular complexity index is 109. The Labute approximate surface area is 70.2 Å². The van der Waals surface area contributed by atoms with E-state index in [0.717, 1.165) is 0 Å². The third-order valence-electron chi connectivity index (χ3n) is 0.857. The van der Waals surface area contributed by atoms with E-state index in [1.165, 1.54) is 0 Å². The van der Waals surface area contributed by atoms with Crippen molar-refractivity contribution in [3.63, 3.8) is 0 Å². The van der Waals surface area contributed by atoms with E-state index in [-0.39, 0.29) is 27.9 Å². The predicted octanol–water partition coefficient (Wildman–Crippen LogP) is -3.95. The van der Waals surface area contributed by atoms with Gasteiger partial charge in [-0.3, -0.25) is 0 Å². The van der Waals surface area contributed by atoms with Crippen LogP contribution in [-0.2, 0) is 4.79 Å². The van der Waals surface area contributed by atoms with Gasteiger partial charge in [0.15, 0.2) is 0 Å². The molecular weight excluding hydrogens is 249 g/mol. The first-order valence-electron chi connectivity index (χ1n) is 2.78. The summed E-state index contributed by atoms with van der Waals surface area (Å²) in [5.74, 6) is -0.955. The third-order valence-corrected chi connectivity index (χ3v) is 2.06. The zero-order valence-electron chi connectivity index (χ0n) is 5.67. The van der Waals surface area contributed by atoms with Crippen molar-refractivity contribution in [1.82, 2.24) is 3.53 Å². The number of nitrogens with one attached hydrogen (secondary N) is 1. The molecule has 3 N–H and O–H groups in total. The molecule has 0 fully saturated rings. The number of aliphatic carboxylic acids is 1. The van der Waals surface area contributed by atoms with Crippen LogP contribution in [-0.4, -0.2) is 33.8 Å². The van der Waals surface area contributed by atoms with Crippen LogP contribution in [0.1, 0.15) is 6.42 Å². The van der Waals surface area contributed by atoms with Gasteiger partial charge in [-0.2, -0.15) is 0 Å². The quantitative estimate of drug-likeness (QED) is 0.268. The van der Waals surface area contributed by atoms with E-state index in [4.69, 9.17) is 10.2 Å². The standard InChI is InChI=1S/C5H11INO3/c1-6-7-3-4(8)2-5(9)10/h4,7-8H,2-3H2,1H3,(H,9,10)/q-1. The van der Waals surface area contributed by atoms with E-state index >= 15 is 0 Å². The zero-order valence-corrected chi connectivity index (χ0v) is 7.83. The normalized spacial score (nSPS) is 13.4. The fourth-order valence-electron chi connectivity index (χ4n) is 0.440. The number of aliphatic hydroxyl groups is 1. The summed E-state index contributed by atoms with van der Waals surface area (Å²) in [6.07, 6.45) is -0.909. The average Bonchev–Trinajstić information content (AvgIpc) is 1.82. The van der Waals surface area contributed by atoms with E-state index in [9.17, 15) is 4.79 Å². The van der Waals surface area contributed by atoms with Crippen molar-refractivity contribution < 1.29 is 36.5 Å². The van der Waals surface area contributed by atoms with Crippen molar-refractivity contribution in [1.29, 1.82) is 0 Å². The number of hydrogen-bond acceptors (Lipinski definition) is 3. The fraction of sp³-hybridized carbons (Fsp3) is 0.800. The van der Waals surface area contributed by atoms with Crippen molar-refractivity contribution in [2.24, 2.45) is 0 Å². The number of rotatable bonds is 5. The molecule has 0 aliphatic heterocycles. The van der Waals surface area contributed by atoms with E-state index in [2.05, 4.69) is 3.53 Å². The molecule has 4 nitrogen and oxygen atoms in total. The summed E-state index contributed by atoms with van der Waals surface area (Å²) in [6, 6.07) is 0. The molecule has 0 saturated heterocycles. The SMILES string of the molecule is C[I-]NCC(O)CC(=O)O. The zero-order chi connectivity index (χ0) is 7.98. The number of halogens is 1. The van der Waals surface area contributed by atoms with Gasteiger partial charge in [-0.25, -0.2) is 0 Å². The second-order valence-corrected chi connectivity index (χ2v) is 3.62. The summed E-state index contributed by atoms with van der Waals surface area (Å²) in [6.45, 7) is 0.399. The van der Waals surface area contributed by atoms with Crippen molar-refractivity contribution in [3.8, 4) is 0 Å². The molecule has 0 rings (SSSR count). The molecule has 0 spiro atoms. The molecule has 1 atom stereocenters. The Hall–Kier alpha value is 0.120. The van der Waals surface area contributed by atoms with Gasteiger partial charge >= 0.3 is 70.0 Å². The monoisotopic (exact) mass is 260 g/mol. The number of carboxylic acid groups (broad SMARTS) is 1. The first-order valence-corrected chi connectivity index (χ1v) is 6.01. The molecule has 62 valence electrons. The van der Waals surface area contributed by atoms with Gasteiger partial charge in [0.1, 0.15) is 0 Å². The van der Waals surface area contributed by atoms with Gasteiger partial charge in [-0.05, 0) is 0 Å². The summed E-state index contributed by atoms with van der Waals surface area (Å²) in [7, 11) is 0. The Morgan fingerprint density at radius 2 is 2.40 bits per heavy atom. The second-order valence-electron chi connectivity index (χ2n) is 1.78. The van der Waals surface area contributed by atoms with E-state index in [0.29, 0.717) is 6.54 Å². The average molecular weight is 260 g/mol. The number of alkyl halides is 1. The van der Waals surface area contributed by atoms with Crippen LogP contribution < -0.4 is 25.0 Å². The van der Waals surface area contributed by atoms with Crippen molar-refractivity contribution in [2.45, 2.75) is 12.5 Å². The minimum atomic E-state index is -0.955. The molecule has 0 heterocycles. The van der Waals surface area contributed by atoms with Gasteiger partial charge in [-0.15, -0.1) is 0 Å². The van der Waals surface area contributed by atoms with Crippen molar-refractivity contribution in [2.75, 3.05) is 11.5 Å². The molecule has 0 radical (unpaired) electrons. The molecular formula is C5H11INO3-. The number of carbonyl (C=O) groups is 1. The summed E-state index contributed by atoms with van der Waals surface area (Å²) in [5.41, 5.74) is 0. The van der Waals surface area contributed by atoms with Gasteiger partial charge in [0, 0.05) is 0 Å². The predicted molar refractivity (Wildman–Crippen MR) is 32.2 cm³/mol. The van der Waals surface area contributed by atoms with Crippen LogP contribution in [0.5, 0.6) is 0 Å². The molecule has 0 aliphatic carbocycles. The van der Waals surface area contributed by atoms with E-state index in [1.54, 1.807) is 0 Å². The number of hydrogen-bond donors (Lipinski definition) is 3. The summed E-state index contributed by atoms with van der Waals surface area (Å²) < 4.78 is 2.95. The van der Waals surface area contributed by atoms with E-state index < -0.39 is 12.1 Å². The second kappa shape index (κ2) is 5.87. The molecule has 0 saturated carbocycles. The number of aliphatic hydroxyl groups excluding tert-OH is 1. The minimum absolute atomic E-state index is 0.0551. The summed E-state index contributed by atoms with van der Waals surface area (Å²) >= 11 is -0.0551. The summed E-state index contributed by atoms with van der Waals surface area (Å²) in [4.78, 5) is 12.0. The van der Waals surface area contributed by atoms with Gasteiger partial charge in [-0.1, -0.05) is 0 Å². The maximum atomic E-state index is 9.99. The molecule has 0 aromatic rings. The molecule has 5 heteroatoms. The Balaban J connectivity index is 3.25. The molecule has 0 aliphatic rings. The maximum absolute atomic E-state index is 9.99. The van der Waals surface area contributed by atoms with Gasteiger partial charge in [0.2, 0.25) is 0 Å². The van der Waals surface area contributed by atoms with Gasteiger partial charge < -0.3 is 0 Å². The van der Waals surface area contributed by atoms with Crippen LogP contribution in [0.15, 0.2) is 0 Å². The molecule has 0 aromatic carbocycles. The molecule has 0 bridgehead atoms.